The van der Waals surface area contributed by atoms with E-state index in [2.05, 4.69) is 15.9 Å². The summed E-state index contributed by atoms with van der Waals surface area (Å²) in [5.41, 5.74) is 0.882. The Hall–Kier alpha value is -0.940. The van der Waals surface area contributed by atoms with Crippen molar-refractivity contribution in [1.29, 1.82) is 0 Å². The number of hydrogen-bond donors (Lipinski definition) is 0. The summed E-state index contributed by atoms with van der Waals surface area (Å²) in [6.45, 7) is 0.441. The van der Waals surface area contributed by atoms with Gasteiger partial charge in [-0.05, 0) is 5.56 Å². The van der Waals surface area contributed by atoms with Gasteiger partial charge in [-0.2, -0.15) is 0 Å². The maximum atomic E-state index is 11.1. The van der Waals surface area contributed by atoms with Crippen LogP contribution < -0.4 is 0 Å². The molecule has 3 unspecified atom stereocenters. The molecule has 0 radical (unpaired) electrons. The molecule has 16 heavy (non-hydrogen) atoms. The third-order valence-electron chi connectivity index (χ3n) is 2.85. The zero-order valence-electron chi connectivity index (χ0n) is 8.58. The predicted molar refractivity (Wildman–Crippen MR) is 63.2 cm³/mol. The maximum absolute atomic E-state index is 11.1. The van der Waals surface area contributed by atoms with Gasteiger partial charge in [-0.25, -0.2) is 0 Å². The average molecular weight is 286 g/mol. The molecule has 0 bridgehead atoms. The smallest absolute Gasteiger partial charge is 0.248 e. The second-order valence-corrected chi connectivity index (χ2v) is 4.50. The molecule has 0 spiro atoms. The van der Waals surface area contributed by atoms with Crippen LogP contribution in [0.5, 0.6) is 0 Å². The number of rotatable bonds is 3. The molecule has 5 heteroatoms. The standard InChI is InChI=1S/C11H12BrNO3/c12-6-9-7-16-11(10(9)13(14)15)8-4-2-1-3-5-8/h1-5,9-11H,6-7H2. The van der Waals surface area contributed by atoms with Gasteiger partial charge in [-0.1, -0.05) is 46.3 Å². The number of ether oxygens (including phenoxy) is 1. The van der Waals surface area contributed by atoms with Crippen LogP contribution >= 0.6 is 15.9 Å². The van der Waals surface area contributed by atoms with Gasteiger partial charge in [0, 0.05) is 10.3 Å². The van der Waals surface area contributed by atoms with Crippen molar-refractivity contribution in [2.75, 3.05) is 11.9 Å². The van der Waals surface area contributed by atoms with Gasteiger partial charge in [0.1, 0.15) is 6.10 Å². The zero-order valence-corrected chi connectivity index (χ0v) is 10.2. The lowest BCUT2D eigenvalue weighted by Crippen LogP contribution is -2.30. The average Bonchev–Trinajstić information content (AvgIpc) is 2.73. The predicted octanol–water partition coefficient (Wildman–Crippen LogP) is 2.41. The largest absolute Gasteiger partial charge is 0.366 e. The van der Waals surface area contributed by atoms with Crippen molar-refractivity contribution in [3.05, 3.63) is 46.0 Å². The molecule has 0 saturated carbocycles. The summed E-state index contributed by atoms with van der Waals surface area (Å²) < 4.78 is 5.54. The molecule has 1 aliphatic rings. The van der Waals surface area contributed by atoms with Gasteiger partial charge in [0.25, 0.3) is 0 Å². The molecule has 0 aliphatic carbocycles. The van der Waals surface area contributed by atoms with Gasteiger partial charge in [-0.15, -0.1) is 0 Å². The minimum Gasteiger partial charge on any atom is -0.366 e. The minimum absolute atomic E-state index is 0.0554. The lowest BCUT2D eigenvalue weighted by molar-refractivity contribution is -0.534. The quantitative estimate of drug-likeness (QED) is 0.487. The van der Waals surface area contributed by atoms with Gasteiger partial charge in [-0.3, -0.25) is 10.1 Å². The highest BCUT2D eigenvalue weighted by atomic mass is 79.9. The van der Waals surface area contributed by atoms with Gasteiger partial charge in [0.15, 0.2) is 0 Å². The summed E-state index contributed by atoms with van der Waals surface area (Å²) >= 11 is 3.30. The van der Waals surface area contributed by atoms with E-state index in [9.17, 15) is 10.1 Å². The Morgan fingerprint density at radius 2 is 2.12 bits per heavy atom. The van der Waals surface area contributed by atoms with Crippen molar-refractivity contribution in [3.8, 4) is 0 Å². The van der Waals surface area contributed by atoms with Crippen LogP contribution in [0.15, 0.2) is 30.3 Å². The molecule has 86 valence electrons. The summed E-state index contributed by atoms with van der Waals surface area (Å²) in [5, 5.41) is 11.7. The van der Waals surface area contributed by atoms with Crippen molar-refractivity contribution in [1.82, 2.24) is 0 Å². The highest BCUT2D eigenvalue weighted by Gasteiger charge is 2.46. The molecule has 1 aromatic carbocycles. The SMILES string of the molecule is O=[N+]([O-])C1C(CBr)COC1c1ccccc1. The van der Waals surface area contributed by atoms with Crippen LogP contribution in [0.3, 0.4) is 0 Å². The van der Waals surface area contributed by atoms with Crippen molar-refractivity contribution in [2.24, 2.45) is 5.92 Å². The molecule has 0 aromatic heterocycles. The monoisotopic (exact) mass is 285 g/mol. The number of hydrogen-bond acceptors (Lipinski definition) is 3. The van der Waals surface area contributed by atoms with Crippen LogP contribution in [0.2, 0.25) is 0 Å². The Balaban J connectivity index is 2.25. The zero-order chi connectivity index (χ0) is 11.5. The fourth-order valence-corrected chi connectivity index (χ4v) is 2.60. The molecular formula is C11H12BrNO3. The number of nitrogens with zero attached hydrogens (tertiary/aromatic N) is 1. The molecule has 4 nitrogen and oxygen atoms in total. The second kappa shape index (κ2) is 4.93. The van der Waals surface area contributed by atoms with E-state index in [0.717, 1.165) is 5.56 Å². The van der Waals surface area contributed by atoms with Crippen LogP contribution in [-0.2, 0) is 4.74 Å². The number of alkyl halides is 1. The minimum atomic E-state index is -0.651. The van der Waals surface area contributed by atoms with Crippen molar-refractivity contribution in [3.63, 3.8) is 0 Å². The van der Waals surface area contributed by atoms with Crippen molar-refractivity contribution < 1.29 is 9.66 Å². The van der Waals surface area contributed by atoms with Crippen LogP contribution in [0.4, 0.5) is 0 Å². The van der Waals surface area contributed by atoms with E-state index in [1.807, 2.05) is 30.3 Å². The first-order valence-corrected chi connectivity index (χ1v) is 6.22. The highest BCUT2D eigenvalue weighted by Crippen LogP contribution is 2.35. The molecule has 3 atom stereocenters. The first-order valence-electron chi connectivity index (χ1n) is 5.10. The molecule has 1 heterocycles. The van der Waals surface area contributed by atoms with Crippen molar-refractivity contribution >= 4 is 15.9 Å². The van der Waals surface area contributed by atoms with E-state index in [1.54, 1.807) is 0 Å². The Labute approximate surface area is 102 Å². The highest BCUT2D eigenvalue weighted by molar-refractivity contribution is 9.09. The van der Waals surface area contributed by atoms with Crippen LogP contribution in [-0.4, -0.2) is 22.9 Å². The molecule has 0 N–H and O–H groups in total. The Morgan fingerprint density at radius 1 is 1.44 bits per heavy atom. The summed E-state index contributed by atoms with van der Waals surface area (Å²) in [6, 6.07) is 8.73. The summed E-state index contributed by atoms with van der Waals surface area (Å²) in [4.78, 5) is 10.8. The second-order valence-electron chi connectivity index (χ2n) is 3.85. The molecule has 0 amide bonds. The van der Waals surface area contributed by atoms with E-state index in [0.29, 0.717) is 11.9 Å². The first-order chi connectivity index (χ1) is 7.74. The first kappa shape index (κ1) is 11.5. The maximum Gasteiger partial charge on any atom is 0.248 e. The van der Waals surface area contributed by atoms with Crippen LogP contribution in [0.25, 0.3) is 0 Å². The van der Waals surface area contributed by atoms with Crippen LogP contribution in [0, 0.1) is 16.0 Å². The van der Waals surface area contributed by atoms with Gasteiger partial charge < -0.3 is 4.74 Å². The molecule has 1 aliphatic heterocycles. The van der Waals surface area contributed by atoms with Gasteiger partial charge >= 0.3 is 0 Å². The molecular weight excluding hydrogens is 274 g/mol. The van der Waals surface area contributed by atoms with E-state index in [1.165, 1.54) is 0 Å². The topological polar surface area (TPSA) is 52.4 Å². The van der Waals surface area contributed by atoms with E-state index in [-0.39, 0.29) is 10.8 Å². The molecule has 1 aromatic rings. The van der Waals surface area contributed by atoms with Crippen molar-refractivity contribution in [2.45, 2.75) is 12.1 Å². The third kappa shape index (κ3) is 2.10. The van der Waals surface area contributed by atoms with Crippen LogP contribution in [0.1, 0.15) is 11.7 Å². The fraction of sp³-hybridized carbons (Fsp3) is 0.455. The molecule has 1 fully saturated rings. The summed E-state index contributed by atoms with van der Waals surface area (Å²) in [6.07, 6.45) is -0.418. The van der Waals surface area contributed by atoms with E-state index in [4.69, 9.17) is 4.74 Å². The Morgan fingerprint density at radius 3 is 2.69 bits per heavy atom. The normalized spacial score (nSPS) is 29.2. The lowest BCUT2D eigenvalue weighted by atomic mass is 9.96. The molecule has 1 saturated heterocycles. The van der Waals surface area contributed by atoms with Gasteiger partial charge in [0.05, 0.1) is 12.5 Å². The van der Waals surface area contributed by atoms with Gasteiger partial charge in [0.2, 0.25) is 6.04 Å². The summed E-state index contributed by atoms with van der Waals surface area (Å²) in [7, 11) is 0. The Bertz CT molecular complexity index is 371. The lowest BCUT2D eigenvalue weighted by Gasteiger charge is -2.14. The number of benzene rings is 1. The van der Waals surface area contributed by atoms with E-state index >= 15 is 0 Å². The summed E-state index contributed by atoms with van der Waals surface area (Å²) in [5.74, 6) is -0.0554. The Kier molecular flexibility index (Phi) is 3.56. The fourth-order valence-electron chi connectivity index (χ4n) is 2.03. The molecule has 2 rings (SSSR count). The third-order valence-corrected chi connectivity index (χ3v) is 3.68. The number of nitro groups is 1. The number of halogens is 1. The van der Waals surface area contributed by atoms with E-state index < -0.39 is 12.1 Å².